The number of furan rings is 1. The maximum Gasteiger partial charge on any atom is 0.203 e. The van der Waals surface area contributed by atoms with E-state index < -0.39 is 0 Å². The van der Waals surface area contributed by atoms with E-state index in [-0.39, 0.29) is 11.0 Å². The second-order valence-corrected chi connectivity index (χ2v) is 4.22. The van der Waals surface area contributed by atoms with Crippen molar-refractivity contribution in [2.45, 2.75) is 12.8 Å². The van der Waals surface area contributed by atoms with Gasteiger partial charge in [-0.05, 0) is 41.8 Å². The molecule has 4 heteroatoms. The molecule has 2 aromatic rings. The van der Waals surface area contributed by atoms with E-state index in [1.807, 2.05) is 24.3 Å². The van der Waals surface area contributed by atoms with Gasteiger partial charge in [-0.1, -0.05) is 12.1 Å². The summed E-state index contributed by atoms with van der Waals surface area (Å²) in [5, 5.41) is 0.162. The summed E-state index contributed by atoms with van der Waals surface area (Å²) in [6.07, 6.45) is 2.50. The number of ketones is 1. The number of aryl methyl sites for hydroxylation is 1. The summed E-state index contributed by atoms with van der Waals surface area (Å²) in [4.78, 5) is 11.9. The van der Waals surface area contributed by atoms with E-state index in [2.05, 4.69) is 0 Å². The highest BCUT2D eigenvalue weighted by Gasteiger charge is 2.12. The fraction of sp³-hybridized carbons (Fsp3) is 0.214. The lowest BCUT2D eigenvalue weighted by molar-refractivity contribution is 0.0982. The summed E-state index contributed by atoms with van der Waals surface area (Å²) < 4.78 is 9.97. The van der Waals surface area contributed by atoms with E-state index in [0.29, 0.717) is 18.4 Å². The molecular weight excluding hydrogens is 252 g/mol. The van der Waals surface area contributed by atoms with Crippen LogP contribution >= 0.6 is 11.6 Å². The van der Waals surface area contributed by atoms with Crippen LogP contribution in [0, 0.1) is 0 Å². The molecule has 0 amide bonds. The number of rotatable bonds is 5. The average molecular weight is 265 g/mol. The molecule has 0 aliphatic carbocycles. The first-order chi connectivity index (χ1) is 8.70. The number of ether oxygens (including phenoxy) is 1. The molecule has 0 atom stereocenters. The maximum atomic E-state index is 11.9. The van der Waals surface area contributed by atoms with Crippen molar-refractivity contribution in [3.8, 4) is 5.75 Å². The molecule has 0 saturated heterocycles. The Kier molecular flexibility index (Phi) is 4.05. The number of methoxy groups -OCH3 is 1. The van der Waals surface area contributed by atoms with Crippen molar-refractivity contribution in [1.29, 1.82) is 0 Å². The molecular formula is C14H13ClO3. The van der Waals surface area contributed by atoms with Crippen LogP contribution in [0.4, 0.5) is 0 Å². The van der Waals surface area contributed by atoms with Gasteiger partial charge in [-0.25, -0.2) is 0 Å². The van der Waals surface area contributed by atoms with Crippen molar-refractivity contribution >= 4 is 17.4 Å². The minimum absolute atomic E-state index is 0.00966. The Morgan fingerprint density at radius 1 is 1.28 bits per heavy atom. The Balaban J connectivity index is 1.95. The molecule has 0 unspecified atom stereocenters. The largest absolute Gasteiger partial charge is 0.497 e. The Hall–Kier alpha value is -1.74. The molecule has 0 radical (unpaired) electrons. The predicted molar refractivity (Wildman–Crippen MR) is 69.4 cm³/mol. The van der Waals surface area contributed by atoms with Crippen molar-refractivity contribution < 1.29 is 13.9 Å². The Morgan fingerprint density at radius 2 is 2.00 bits per heavy atom. The highest BCUT2D eigenvalue weighted by Crippen LogP contribution is 2.19. The number of Topliss-reactive ketones (excluding diaryl/α,β-unsaturated/α-hetero) is 1. The van der Waals surface area contributed by atoms with Gasteiger partial charge in [-0.15, -0.1) is 0 Å². The fourth-order valence-corrected chi connectivity index (χ4v) is 1.90. The molecule has 0 saturated carbocycles. The van der Waals surface area contributed by atoms with Crippen LogP contribution in [0.2, 0.25) is 5.22 Å². The zero-order valence-corrected chi connectivity index (χ0v) is 10.7. The van der Waals surface area contributed by atoms with Crippen molar-refractivity contribution in [3.05, 3.63) is 52.9 Å². The summed E-state index contributed by atoms with van der Waals surface area (Å²) in [6, 6.07) is 9.25. The van der Waals surface area contributed by atoms with E-state index >= 15 is 0 Å². The minimum Gasteiger partial charge on any atom is -0.497 e. The zero-order valence-electron chi connectivity index (χ0n) is 9.98. The molecule has 1 aromatic carbocycles. The van der Waals surface area contributed by atoms with Crippen LogP contribution in [0.5, 0.6) is 5.75 Å². The normalized spacial score (nSPS) is 10.3. The lowest BCUT2D eigenvalue weighted by Gasteiger charge is -2.02. The van der Waals surface area contributed by atoms with Crippen LogP contribution in [-0.4, -0.2) is 12.9 Å². The molecule has 0 N–H and O–H groups in total. The molecule has 94 valence electrons. The van der Waals surface area contributed by atoms with Crippen LogP contribution in [0.25, 0.3) is 0 Å². The lowest BCUT2D eigenvalue weighted by Crippen LogP contribution is -2.00. The van der Waals surface area contributed by atoms with Crippen LogP contribution in [-0.2, 0) is 6.42 Å². The van der Waals surface area contributed by atoms with Crippen LogP contribution in [0.3, 0.4) is 0 Å². The predicted octanol–water partition coefficient (Wildman–Crippen LogP) is 3.76. The van der Waals surface area contributed by atoms with Gasteiger partial charge in [0, 0.05) is 6.42 Å². The molecule has 0 aliphatic rings. The Bertz CT molecular complexity index is 528. The number of hydrogen-bond donors (Lipinski definition) is 0. The molecule has 18 heavy (non-hydrogen) atoms. The van der Waals surface area contributed by atoms with E-state index in [1.165, 1.54) is 6.26 Å². The third-order valence-corrected chi connectivity index (χ3v) is 3.01. The summed E-state index contributed by atoms with van der Waals surface area (Å²) in [5.41, 5.74) is 1.54. The summed E-state index contributed by atoms with van der Waals surface area (Å²) in [5.74, 6) is 0.799. The zero-order chi connectivity index (χ0) is 13.0. The van der Waals surface area contributed by atoms with Crippen LogP contribution < -0.4 is 4.74 Å². The molecule has 0 aliphatic heterocycles. The molecule has 0 spiro atoms. The summed E-state index contributed by atoms with van der Waals surface area (Å²) >= 11 is 5.75. The Morgan fingerprint density at radius 3 is 2.56 bits per heavy atom. The van der Waals surface area contributed by atoms with Gasteiger partial charge in [0.1, 0.15) is 5.75 Å². The first-order valence-corrected chi connectivity index (χ1v) is 5.97. The maximum absolute atomic E-state index is 11.9. The third-order valence-electron chi connectivity index (χ3n) is 2.72. The summed E-state index contributed by atoms with van der Waals surface area (Å²) in [6.45, 7) is 0. The van der Waals surface area contributed by atoms with Crippen molar-refractivity contribution in [2.75, 3.05) is 7.11 Å². The van der Waals surface area contributed by atoms with Gasteiger partial charge in [0.15, 0.2) is 5.78 Å². The standard InChI is InChI=1S/C14H13ClO3/c1-17-11-5-2-10(3-6-11)4-7-13(16)12-8-9-18-14(12)15/h2-3,5-6,8-9H,4,7H2,1H3. The molecule has 1 aromatic heterocycles. The van der Waals surface area contributed by atoms with E-state index in [9.17, 15) is 4.79 Å². The second kappa shape index (κ2) is 5.74. The number of carbonyl (C=O) groups excluding carboxylic acids is 1. The molecule has 2 rings (SSSR count). The molecule has 1 heterocycles. The van der Waals surface area contributed by atoms with Gasteiger partial charge in [0.25, 0.3) is 0 Å². The van der Waals surface area contributed by atoms with Crippen molar-refractivity contribution in [3.63, 3.8) is 0 Å². The highest BCUT2D eigenvalue weighted by molar-refractivity contribution is 6.32. The summed E-state index contributed by atoms with van der Waals surface area (Å²) in [7, 11) is 1.62. The van der Waals surface area contributed by atoms with E-state index in [4.69, 9.17) is 20.8 Å². The van der Waals surface area contributed by atoms with Gasteiger partial charge in [0.05, 0.1) is 18.9 Å². The van der Waals surface area contributed by atoms with Gasteiger partial charge < -0.3 is 9.15 Å². The van der Waals surface area contributed by atoms with Gasteiger partial charge in [0.2, 0.25) is 5.22 Å². The lowest BCUT2D eigenvalue weighted by atomic mass is 10.0. The Labute approximate surface area is 110 Å². The smallest absolute Gasteiger partial charge is 0.203 e. The third kappa shape index (κ3) is 2.93. The van der Waals surface area contributed by atoms with Gasteiger partial charge in [-0.2, -0.15) is 0 Å². The topological polar surface area (TPSA) is 39.4 Å². The van der Waals surface area contributed by atoms with Crippen molar-refractivity contribution in [1.82, 2.24) is 0 Å². The van der Waals surface area contributed by atoms with Gasteiger partial charge in [-0.3, -0.25) is 4.79 Å². The van der Waals surface area contributed by atoms with Gasteiger partial charge >= 0.3 is 0 Å². The number of benzene rings is 1. The second-order valence-electron chi connectivity index (χ2n) is 3.88. The monoisotopic (exact) mass is 264 g/mol. The molecule has 3 nitrogen and oxygen atoms in total. The first kappa shape index (κ1) is 12.7. The number of carbonyl (C=O) groups is 1. The van der Waals surface area contributed by atoms with Crippen LogP contribution in [0.1, 0.15) is 22.3 Å². The van der Waals surface area contributed by atoms with Crippen molar-refractivity contribution in [2.24, 2.45) is 0 Å². The average Bonchev–Trinajstić information content (AvgIpc) is 2.83. The highest BCUT2D eigenvalue weighted by atomic mass is 35.5. The SMILES string of the molecule is COc1ccc(CCC(=O)c2ccoc2Cl)cc1. The molecule has 0 fully saturated rings. The van der Waals surface area contributed by atoms with E-state index in [0.717, 1.165) is 11.3 Å². The first-order valence-electron chi connectivity index (χ1n) is 5.60. The minimum atomic E-state index is -0.00966. The fourth-order valence-electron chi connectivity index (χ4n) is 1.68. The van der Waals surface area contributed by atoms with Crippen LogP contribution in [0.15, 0.2) is 41.0 Å². The van der Waals surface area contributed by atoms with E-state index in [1.54, 1.807) is 13.2 Å². The number of halogens is 1. The number of hydrogen-bond acceptors (Lipinski definition) is 3. The molecule has 0 bridgehead atoms. The quantitative estimate of drug-likeness (QED) is 0.772.